The van der Waals surface area contributed by atoms with Crippen molar-refractivity contribution in [2.75, 3.05) is 11.9 Å². The fourth-order valence-corrected chi connectivity index (χ4v) is 3.54. The number of sulfonamides is 1. The molecule has 7 heteroatoms. The van der Waals surface area contributed by atoms with Crippen molar-refractivity contribution in [2.45, 2.75) is 44.0 Å². The molecule has 118 valence electrons. The number of hydrogen-bond acceptors (Lipinski definition) is 4. The number of rotatable bonds is 7. The maximum absolute atomic E-state index is 12.4. The molecule has 0 aliphatic carbocycles. The van der Waals surface area contributed by atoms with Crippen LogP contribution in [0.4, 0.5) is 5.69 Å². The number of anilines is 1. The third kappa shape index (κ3) is 4.52. The highest BCUT2D eigenvalue weighted by Crippen LogP contribution is 2.20. The molecule has 0 fully saturated rings. The molecule has 0 aliphatic rings. The number of nitrogens with one attached hydrogen (secondary N) is 2. The predicted molar refractivity (Wildman–Crippen MR) is 83.4 cm³/mol. The molecule has 21 heavy (non-hydrogen) atoms. The summed E-state index contributed by atoms with van der Waals surface area (Å²) in [6.07, 6.45) is 1.23. The number of benzene rings is 1. The van der Waals surface area contributed by atoms with Gasteiger partial charge in [0.1, 0.15) is 0 Å². The van der Waals surface area contributed by atoms with Gasteiger partial charge in [0.25, 0.3) is 0 Å². The fraction of sp³-hybridized carbons (Fsp3) is 0.500. The van der Waals surface area contributed by atoms with Gasteiger partial charge in [0.2, 0.25) is 15.9 Å². The zero-order chi connectivity index (χ0) is 16.1. The first-order valence-electron chi connectivity index (χ1n) is 6.90. The quantitative estimate of drug-likeness (QED) is 0.709. The Balaban J connectivity index is 3.00. The molecule has 1 aromatic carbocycles. The van der Waals surface area contributed by atoms with Crippen molar-refractivity contribution in [3.63, 3.8) is 0 Å². The zero-order valence-electron chi connectivity index (χ0n) is 12.6. The van der Waals surface area contributed by atoms with Crippen LogP contribution in [0.3, 0.4) is 0 Å². The largest absolute Gasteiger partial charge is 0.329 e. The Hall–Kier alpha value is -1.44. The van der Waals surface area contributed by atoms with Gasteiger partial charge in [-0.1, -0.05) is 13.8 Å². The van der Waals surface area contributed by atoms with Crippen molar-refractivity contribution in [2.24, 2.45) is 5.73 Å². The van der Waals surface area contributed by atoms with Gasteiger partial charge < -0.3 is 11.1 Å². The molecule has 1 aromatic rings. The van der Waals surface area contributed by atoms with E-state index in [0.717, 1.165) is 0 Å². The normalized spacial score (nSPS) is 12.2. The molecule has 0 aliphatic heterocycles. The van der Waals surface area contributed by atoms with E-state index in [2.05, 4.69) is 10.0 Å². The summed E-state index contributed by atoms with van der Waals surface area (Å²) >= 11 is 0. The van der Waals surface area contributed by atoms with Crippen LogP contribution in [-0.4, -0.2) is 26.4 Å². The van der Waals surface area contributed by atoms with E-state index >= 15 is 0 Å². The van der Waals surface area contributed by atoms with E-state index in [0.29, 0.717) is 18.5 Å². The summed E-state index contributed by atoms with van der Waals surface area (Å²) in [5.74, 6) is -0.206. The van der Waals surface area contributed by atoms with Crippen molar-refractivity contribution < 1.29 is 13.2 Å². The topological polar surface area (TPSA) is 101 Å². The summed E-state index contributed by atoms with van der Waals surface area (Å²) in [5.41, 5.74) is 5.64. The van der Waals surface area contributed by atoms with Gasteiger partial charge in [-0.15, -0.1) is 0 Å². The molecule has 0 spiro atoms. The van der Waals surface area contributed by atoms with E-state index in [-0.39, 0.29) is 17.3 Å². The highest BCUT2D eigenvalue weighted by atomic mass is 32.2. The van der Waals surface area contributed by atoms with Gasteiger partial charge in [0.15, 0.2) is 0 Å². The lowest BCUT2D eigenvalue weighted by molar-refractivity contribution is -0.114. The minimum Gasteiger partial charge on any atom is -0.329 e. The molecular weight excluding hydrogens is 290 g/mol. The Bertz CT molecular complexity index is 570. The van der Waals surface area contributed by atoms with E-state index in [1.54, 1.807) is 12.1 Å². The third-order valence-corrected chi connectivity index (χ3v) is 5.17. The van der Waals surface area contributed by atoms with Crippen LogP contribution in [0.15, 0.2) is 29.2 Å². The smallest absolute Gasteiger partial charge is 0.241 e. The summed E-state index contributed by atoms with van der Waals surface area (Å²) in [7, 11) is -3.64. The Labute approximate surface area is 126 Å². The summed E-state index contributed by atoms with van der Waals surface area (Å²) in [6, 6.07) is 6.02. The maximum atomic E-state index is 12.4. The van der Waals surface area contributed by atoms with Crippen molar-refractivity contribution in [3.8, 4) is 0 Å². The first-order valence-corrected chi connectivity index (χ1v) is 8.38. The Morgan fingerprint density at radius 1 is 1.19 bits per heavy atom. The van der Waals surface area contributed by atoms with Crippen LogP contribution in [0.1, 0.15) is 33.6 Å². The van der Waals surface area contributed by atoms with E-state index in [4.69, 9.17) is 5.73 Å². The Morgan fingerprint density at radius 3 is 2.10 bits per heavy atom. The average Bonchev–Trinajstić information content (AvgIpc) is 2.45. The Kier molecular flexibility index (Phi) is 5.88. The molecule has 1 rings (SSSR count). The van der Waals surface area contributed by atoms with Gasteiger partial charge in [-0.05, 0) is 37.1 Å². The minimum atomic E-state index is -3.64. The molecule has 0 bridgehead atoms. The van der Waals surface area contributed by atoms with Crippen LogP contribution in [0.5, 0.6) is 0 Å². The number of carbonyl (C=O) groups is 1. The van der Waals surface area contributed by atoms with Crippen molar-refractivity contribution >= 4 is 21.6 Å². The minimum absolute atomic E-state index is 0.149. The van der Waals surface area contributed by atoms with Crippen LogP contribution in [0.2, 0.25) is 0 Å². The Morgan fingerprint density at radius 2 is 1.71 bits per heavy atom. The number of amides is 1. The first-order chi connectivity index (χ1) is 9.78. The van der Waals surface area contributed by atoms with Crippen LogP contribution < -0.4 is 15.8 Å². The molecule has 0 atom stereocenters. The van der Waals surface area contributed by atoms with E-state index < -0.39 is 15.6 Å². The summed E-state index contributed by atoms with van der Waals surface area (Å²) in [5, 5.41) is 2.59. The lowest BCUT2D eigenvalue weighted by Crippen LogP contribution is -2.52. The molecule has 0 saturated carbocycles. The second-order valence-electron chi connectivity index (χ2n) is 5.00. The van der Waals surface area contributed by atoms with Gasteiger partial charge in [0, 0.05) is 24.7 Å². The second-order valence-corrected chi connectivity index (χ2v) is 6.69. The molecule has 1 amide bonds. The maximum Gasteiger partial charge on any atom is 0.241 e. The van der Waals surface area contributed by atoms with Gasteiger partial charge in [-0.25, -0.2) is 13.1 Å². The van der Waals surface area contributed by atoms with Crippen LogP contribution in [-0.2, 0) is 14.8 Å². The number of hydrogen-bond donors (Lipinski definition) is 3. The highest BCUT2D eigenvalue weighted by Gasteiger charge is 2.30. The summed E-state index contributed by atoms with van der Waals surface area (Å²) in [4.78, 5) is 11.1. The van der Waals surface area contributed by atoms with Crippen LogP contribution in [0.25, 0.3) is 0 Å². The average molecular weight is 313 g/mol. The zero-order valence-corrected chi connectivity index (χ0v) is 13.5. The van der Waals surface area contributed by atoms with Gasteiger partial charge >= 0.3 is 0 Å². The summed E-state index contributed by atoms with van der Waals surface area (Å²) < 4.78 is 27.5. The van der Waals surface area contributed by atoms with E-state index in [9.17, 15) is 13.2 Å². The molecule has 0 radical (unpaired) electrons. The third-order valence-electron chi connectivity index (χ3n) is 3.58. The molecule has 0 aromatic heterocycles. The molecule has 0 unspecified atom stereocenters. The first kappa shape index (κ1) is 17.6. The molecular formula is C14H23N3O3S. The lowest BCUT2D eigenvalue weighted by atomic mass is 9.95. The monoisotopic (exact) mass is 313 g/mol. The van der Waals surface area contributed by atoms with Crippen molar-refractivity contribution in [1.29, 1.82) is 0 Å². The van der Waals surface area contributed by atoms with Crippen molar-refractivity contribution in [1.82, 2.24) is 4.72 Å². The second kappa shape index (κ2) is 7.02. The molecule has 4 N–H and O–H groups in total. The van der Waals surface area contributed by atoms with Gasteiger partial charge in [0.05, 0.1) is 4.90 Å². The molecule has 6 nitrogen and oxygen atoms in total. The van der Waals surface area contributed by atoms with Crippen molar-refractivity contribution in [3.05, 3.63) is 24.3 Å². The summed E-state index contributed by atoms with van der Waals surface area (Å²) in [6.45, 7) is 5.44. The number of nitrogens with two attached hydrogens (primary N) is 1. The molecule has 0 saturated heterocycles. The highest BCUT2D eigenvalue weighted by molar-refractivity contribution is 7.89. The van der Waals surface area contributed by atoms with E-state index in [1.807, 2.05) is 13.8 Å². The standard InChI is InChI=1S/C14H23N3O3S/c1-4-14(5-2,10-15)17-21(19,20)13-8-6-12(7-9-13)16-11(3)18/h6-9,17H,4-5,10,15H2,1-3H3,(H,16,18). The number of carbonyl (C=O) groups excluding carboxylic acids is 1. The fourth-order valence-electron chi connectivity index (χ4n) is 1.99. The van der Waals surface area contributed by atoms with Gasteiger partial charge in [-0.3, -0.25) is 4.79 Å². The predicted octanol–water partition coefficient (Wildman–Crippen LogP) is 1.44. The lowest BCUT2D eigenvalue weighted by Gasteiger charge is -2.31. The van der Waals surface area contributed by atoms with Gasteiger partial charge in [-0.2, -0.15) is 0 Å². The molecule has 0 heterocycles. The van der Waals surface area contributed by atoms with Crippen LogP contribution in [0, 0.1) is 0 Å². The van der Waals surface area contributed by atoms with Crippen LogP contribution >= 0.6 is 0 Å². The van der Waals surface area contributed by atoms with E-state index in [1.165, 1.54) is 19.1 Å². The SMILES string of the molecule is CCC(CC)(CN)NS(=O)(=O)c1ccc(NC(C)=O)cc1.